The third-order valence-electron chi connectivity index (χ3n) is 5.39. The molecule has 3 aromatic heterocycles. The summed E-state index contributed by atoms with van der Waals surface area (Å²) in [6, 6.07) is 13.6. The predicted octanol–water partition coefficient (Wildman–Crippen LogP) is 4.36. The summed E-state index contributed by atoms with van der Waals surface area (Å²) in [7, 11) is 0. The molecule has 152 valence electrons. The molecule has 1 saturated heterocycles. The van der Waals surface area contributed by atoms with E-state index in [2.05, 4.69) is 46.3 Å². The van der Waals surface area contributed by atoms with Crippen LogP contribution < -0.4 is 4.90 Å². The van der Waals surface area contributed by atoms with Gasteiger partial charge in [-0.05, 0) is 35.7 Å². The number of amides is 1. The van der Waals surface area contributed by atoms with Crippen LogP contribution in [0, 0.1) is 0 Å². The lowest BCUT2D eigenvalue weighted by Crippen LogP contribution is -2.24. The zero-order valence-corrected chi connectivity index (χ0v) is 16.7. The molecule has 4 heterocycles. The van der Waals surface area contributed by atoms with E-state index in [0.29, 0.717) is 47.7 Å². The number of carbonyl (C=O) groups excluding carboxylic acids is 1. The molecule has 1 aromatic carbocycles. The Morgan fingerprint density at radius 3 is 2.77 bits per heavy atom. The highest BCUT2D eigenvalue weighted by Gasteiger charge is 2.34. The normalized spacial score (nSPS) is 16.7. The third-order valence-corrected chi connectivity index (χ3v) is 5.39. The molecule has 1 unspecified atom stereocenters. The molecule has 1 aliphatic rings. The van der Waals surface area contributed by atoms with E-state index in [9.17, 15) is 4.79 Å². The van der Waals surface area contributed by atoms with Gasteiger partial charge in [-0.3, -0.25) is 9.89 Å². The van der Waals surface area contributed by atoms with Crippen molar-refractivity contribution in [2.75, 3.05) is 11.4 Å². The highest BCUT2D eigenvalue weighted by molar-refractivity contribution is 5.96. The molecular weight excluding hydrogens is 382 g/mol. The van der Waals surface area contributed by atoms with Gasteiger partial charge in [-0.1, -0.05) is 31.1 Å². The van der Waals surface area contributed by atoms with Crippen molar-refractivity contribution in [1.82, 2.24) is 20.3 Å². The first kappa shape index (κ1) is 18.4. The van der Waals surface area contributed by atoms with Crippen LogP contribution in [0.3, 0.4) is 0 Å². The largest absolute Gasteiger partial charge is 0.463 e. The van der Waals surface area contributed by atoms with E-state index in [1.54, 1.807) is 23.3 Å². The fraction of sp³-hybridized carbons (Fsp3) is 0.273. The Kier molecular flexibility index (Phi) is 4.46. The Balaban J connectivity index is 1.32. The van der Waals surface area contributed by atoms with Gasteiger partial charge in [-0.2, -0.15) is 10.1 Å². The van der Waals surface area contributed by atoms with Crippen molar-refractivity contribution >= 4 is 11.6 Å². The van der Waals surface area contributed by atoms with E-state index in [1.165, 1.54) is 5.56 Å². The van der Waals surface area contributed by atoms with Gasteiger partial charge in [0.25, 0.3) is 5.89 Å². The van der Waals surface area contributed by atoms with Crippen LogP contribution in [-0.4, -0.2) is 32.8 Å². The lowest BCUT2D eigenvalue weighted by Gasteiger charge is -2.17. The standard InChI is InChI=1S/C22H21N5O3/c1-13(2)14-5-7-16(8-6-14)27-12-15(10-20(27)28)21-23-22(30-26-21)18-11-17(24-25-18)19-4-3-9-29-19/h3-9,11,13,15H,10,12H2,1-2H3,(H,24,25). The Morgan fingerprint density at radius 2 is 2.03 bits per heavy atom. The predicted molar refractivity (Wildman–Crippen MR) is 110 cm³/mol. The summed E-state index contributed by atoms with van der Waals surface area (Å²) in [5.74, 6) is 1.90. The van der Waals surface area contributed by atoms with Gasteiger partial charge in [0, 0.05) is 30.6 Å². The zero-order chi connectivity index (χ0) is 20.7. The first-order chi connectivity index (χ1) is 14.6. The van der Waals surface area contributed by atoms with Crippen molar-refractivity contribution in [3.8, 4) is 23.0 Å². The van der Waals surface area contributed by atoms with Crippen molar-refractivity contribution < 1.29 is 13.7 Å². The molecule has 1 atom stereocenters. The van der Waals surface area contributed by atoms with Crippen LogP contribution in [0.15, 0.2) is 57.7 Å². The average Bonchev–Trinajstić information content (AvgIpc) is 3.53. The van der Waals surface area contributed by atoms with Crippen LogP contribution in [-0.2, 0) is 4.79 Å². The van der Waals surface area contributed by atoms with Gasteiger partial charge in [-0.25, -0.2) is 0 Å². The Morgan fingerprint density at radius 1 is 1.20 bits per heavy atom. The molecule has 1 fully saturated rings. The molecule has 0 radical (unpaired) electrons. The fourth-order valence-electron chi connectivity index (χ4n) is 3.66. The Labute approximate surface area is 172 Å². The van der Waals surface area contributed by atoms with Crippen molar-refractivity contribution in [2.45, 2.75) is 32.1 Å². The second-order valence-corrected chi connectivity index (χ2v) is 7.75. The van der Waals surface area contributed by atoms with E-state index in [4.69, 9.17) is 8.94 Å². The first-order valence-electron chi connectivity index (χ1n) is 9.92. The monoisotopic (exact) mass is 403 g/mol. The topological polar surface area (TPSA) is 101 Å². The zero-order valence-electron chi connectivity index (χ0n) is 16.7. The lowest BCUT2D eigenvalue weighted by molar-refractivity contribution is -0.117. The number of benzene rings is 1. The minimum absolute atomic E-state index is 0.0605. The van der Waals surface area contributed by atoms with E-state index < -0.39 is 0 Å². The summed E-state index contributed by atoms with van der Waals surface area (Å²) in [6.07, 6.45) is 1.94. The average molecular weight is 403 g/mol. The maximum absolute atomic E-state index is 12.6. The number of rotatable bonds is 5. The minimum Gasteiger partial charge on any atom is -0.463 e. The lowest BCUT2D eigenvalue weighted by atomic mass is 10.0. The van der Waals surface area contributed by atoms with Gasteiger partial charge in [0.05, 0.1) is 6.26 Å². The second-order valence-electron chi connectivity index (χ2n) is 7.75. The molecule has 4 aromatic rings. The molecule has 1 aliphatic heterocycles. The van der Waals surface area contributed by atoms with E-state index >= 15 is 0 Å². The van der Waals surface area contributed by atoms with Crippen molar-refractivity contribution in [3.63, 3.8) is 0 Å². The maximum Gasteiger partial charge on any atom is 0.275 e. The Bertz CT molecular complexity index is 1160. The molecule has 0 aliphatic carbocycles. The van der Waals surface area contributed by atoms with Crippen molar-refractivity contribution in [2.24, 2.45) is 0 Å². The van der Waals surface area contributed by atoms with E-state index in [0.717, 1.165) is 5.69 Å². The van der Waals surface area contributed by atoms with Gasteiger partial charge >= 0.3 is 0 Å². The summed E-state index contributed by atoms with van der Waals surface area (Å²) < 4.78 is 10.8. The highest BCUT2D eigenvalue weighted by atomic mass is 16.5. The molecule has 5 rings (SSSR count). The quantitative estimate of drug-likeness (QED) is 0.531. The summed E-state index contributed by atoms with van der Waals surface area (Å²) in [5, 5.41) is 11.2. The van der Waals surface area contributed by atoms with Crippen molar-refractivity contribution in [1.29, 1.82) is 0 Å². The summed E-state index contributed by atoms with van der Waals surface area (Å²) in [6.45, 7) is 4.83. The number of H-pyrrole nitrogens is 1. The van der Waals surface area contributed by atoms with Gasteiger partial charge < -0.3 is 13.8 Å². The second kappa shape index (κ2) is 7.29. The SMILES string of the molecule is CC(C)c1ccc(N2CC(c3noc(-c4cc(-c5ccco5)n[nH]4)n3)CC2=O)cc1. The van der Waals surface area contributed by atoms with Gasteiger partial charge in [-0.15, -0.1) is 0 Å². The van der Waals surface area contributed by atoms with Gasteiger partial charge in [0.1, 0.15) is 11.4 Å². The number of anilines is 1. The molecule has 1 N–H and O–H groups in total. The number of nitrogens with one attached hydrogen (secondary N) is 1. The number of nitrogens with zero attached hydrogens (tertiary/aromatic N) is 4. The van der Waals surface area contributed by atoms with E-state index in [-0.39, 0.29) is 11.8 Å². The maximum atomic E-state index is 12.6. The molecule has 8 heteroatoms. The van der Waals surface area contributed by atoms with E-state index in [1.807, 2.05) is 18.2 Å². The summed E-state index contributed by atoms with van der Waals surface area (Å²) in [4.78, 5) is 18.9. The number of hydrogen-bond acceptors (Lipinski definition) is 6. The fourth-order valence-corrected chi connectivity index (χ4v) is 3.66. The molecular formula is C22H21N5O3. The van der Waals surface area contributed by atoms with Gasteiger partial charge in [0.2, 0.25) is 5.91 Å². The molecule has 8 nitrogen and oxygen atoms in total. The number of furan rings is 1. The minimum atomic E-state index is -0.118. The molecule has 30 heavy (non-hydrogen) atoms. The van der Waals surface area contributed by atoms with Crippen LogP contribution in [0.2, 0.25) is 0 Å². The number of aromatic amines is 1. The molecule has 1 amide bonds. The molecule has 0 bridgehead atoms. The molecule has 0 spiro atoms. The van der Waals surface area contributed by atoms with Crippen LogP contribution >= 0.6 is 0 Å². The van der Waals surface area contributed by atoms with Crippen molar-refractivity contribution in [3.05, 3.63) is 60.1 Å². The smallest absolute Gasteiger partial charge is 0.275 e. The number of aromatic nitrogens is 4. The van der Waals surface area contributed by atoms with Crippen LogP contribution in [0.1, 0.15) is 43.5 Å². The highest BCUT2D eigenvalue weighted by Crippen LogP contribution is 2.32. The molecule has 0 saturated carbocycles. The van der Waals surface area contributed by atoms with Crippen LogP contribution in [0.5, 0.6) is 0 Å². The summed E-state index contributed by atoms with van der Waals surface area (Å²) >= 11 is 0. The number of carbonyl (C=O) groups is 1. The third kappa shape index (κ3) is 3.30. The van der Waals surface area contributed by atoms with Gasteiger partial charge in [0.15, 0.2) is 11.6 Å². The first-order valence-corrected chi connectivity index (χ1v) is 9.92. The van der Waals surface area contributed by atoms with Crippen LogP contribution in [0.25, 0.3) is 23.0 Å². The summed E-state index contributed by atoms with van der Waals surface area (Å²) in [5.41, 5.74) is 3.40. The Hall–Kier alpha value is -3.68. The van der Waals surface area contributed by atoms with Crippen LogP contribution in [0.4, 0.5) is 5.69 Å². The number of hydrogen-bond donors (Lipinski definition) is 1.